The van der Waals surface area contributed by atoms with Gasteiger partial charge in [-0.05, 0) is 21.9 Å². The van der Waals surface area contributed by atoms with Crippen LogP contribution in [0.5, 0.6) is 0 Å². The Kier molecular flexibility index (Phi) is 4.06. The summed E-state index contributed by atoms with van der Waals surface area (Å²) in [6.45, 7) is 2.07. The van der Waals surface area contributed by atoms with Gasteiger partial charge in [-0.25, -0.2) is 0 Å². The molecule has 0 aliphatic carbocycles. The summed E-state index contributed by atoms with van der Waals surface area (Å²) < 4.78 is 0. The summed E-state index contributed by atoms with van der Waals surface area (Å²) in [6, 6.07) is 24.4. The minimum absolute atomic E-state index is 0. The average molecular weight is 461 g/mol. The summed E-state index contributed by atoms with van der Waals surface area (Å²) in [7, 11) is 0. The molecule has 0 N–H and O–H groups in total. The maximum Gasteiger partial charge on any atom is 0.0245 e. The van der Waals surface area contributed by atoms with E-state index in [4.69, 9.17) is 0 Å². The summed E-state index contributed by atoms with van der Waals surface area (Å²) >= 11 is 0. The fraction of sp³-hybridized carbons (Fsp3) is 0.0500. The van der Waals surface area contributed by atoms with E-state index in [2.05, 4.69) is 72.6 Å². The zero-order valence-corrected chi connectivity index (χ0v) is 14.5. The van der Waals surface area contributed by atoms with Gasteiger partial charge >= 0.3 is 0 Å². The molecule has 109 valence electrons. The molecule has 22 heavy (non-hydrogen) atoms. The Morgan fingerprint density at radius 3 is 2.50 bits per heavy atom. The molecule has 0 fully saturated rings. The zero-order valence-electron chi connectivity index (χ0n) is 12.1. The number of hydrogen-bond acceptors (Lipinski definition) is 1. The molecule has 2 heteroatoms. The molecule has 1 heterocycles. The van der Waals surface area contributed by atoms with Gasteiger partial charge in [0.05, 0.1) is 0 Å². The van der Waals surface area contributed by atoms with Gasteiger partial charge in [0, 0.05) is 31.7 Å². The molecule has 1 radical (unpaired) electrons. The van der Waals surface area contributed by atoms with Gasteiger partial charge < -0.3 is 4.98 Å². The standard InChI is InChI=1S/C20H14N.Ir/c1-14-6-8-16(9-7-14)20-12-17-11-10-15-4-2-3-5-18(15)19(17)13-21-20;/h2-8,10-13H,1H3;/q-1;. The van der Waals surface area contributed by atoms with Crippen LogP contribution in [0.25, 0.3) is 32.8 Å². The van der Waals surface area contributed by atoms with Gasteiger partial charge in [-0.3, -0.25) is 0 Å². The second-order valence-corrected chi connectivity index (χ2v) is 5.36. The van der Waals surface area contributed by atoms with E-state index in [-0.39, 0.29) is 20.1 Å². The first kappa shape index (κ1) is 14.9. The summed E-state index contributed by atoms with van der Waals surface area (Å²) in [5.74, 6) is 0. The van der Waals surface area contributed by atoms with Crippen molar-refractivity contribution < 1.29 is 20.1 Å². The molecule has 1 aromatic heterocycles. The van der Waals surface area contributed by atoms with Crippen molar-refractivity contribution in [2.24, 2.45) is 0 Å². The van der Waals surface area contributed by atoms with Crippen molar-refractivity contribution in [3.63, 3.8) is 0 Å². The summed E-state index contributed by atoms with van der Waals surface area (Å²) in [6.07, 6.45) is 1.97. The Morgan fingerprint density at radius 2 is 1.68 bits per heavy atom. The van der Waals surface area contributed by atoms with Crippen LogP contribution in [0.2, 0.25) is 0 Å². The first-order valence-corrected chi connectivity index (χ1v) is 7.07. The molecular formula is C20H14IrN-. The Morgan fingerprint density at radius 1 is 0.864 bits per heavy atom. The third-order valence-electron chi connectivity index (χ3n) is 3.87. The van der Waals surface area contributed by atoms with Crippen LogP contribution in [0.15, 0.2) is 66.9 Å². The number of aromatic nitrogens is 1. The fourth-order valence-corrected chi connectivity index (χ4v) is 2.71. The normalized spacial score (nSPS) is 10.6. The molecule has 0 aliphatic heterocycles. The van der Waals surface area contributed by atoms with Crippen LogP contribution in [0.3, 0.4) is 0 Å². The third-order valence-corrected chi connectivity index (χ3v) is 3.87. The zero-order chi connectivity index (χ0) is 14.2. The Bertz CT molecular complexity index is 943. The number of benzene rings is 3. The van der Waals surface area contributed by atoms with Gasteiger partial charge in [0.25, 0.3) is 0 Å². The van der Waals surface area contributed by atoms with E-state index >= 15 is 0 Å². The van der Waals surface area contributed by atoms with Crippen LogP contribution < -0.4 is 0 Å². The van der Waals surface area contributed by atoms with Crippen LogP contribution in [0.1, 0.15) is 5.56 Å². The molecule has 0 spiro atoms. The maximum atomic E-state index is 4.63. The molecule has 0 amide bonds. The minimum atomic E-state index is 0. The predicted octanol–water partition coefficient (Wildman–Crippen LogP) is 5.16. The first-order chi connectivity index (χ1) is 10.3. The van der Waals surface area contributed by atoms with Crippen molar-refractivity contribution in [3.05, 3.63) is 78.5 Å². The van der Waals surface area contributed by atoms with E-state index in [1.54, 1.807) is 0 Å². The van der Waals surface area contributed by atoms with Crippen molar-refractivity contribution in [1.29, 1.82) is 0 Å². The smallest absolute Gasteiger partial charge is 0.0245 e. The Labute approximate surface area is 143 Å². The molecule has 3 aromatic carbocycles. The van der Waals surface area contributed by atoms with Crippen LogP contribution in [0, 0.1) is 13.0 Å². The Balaban J connectivity index is 0.00000144. The van der Waals surface area contributed by atoms with Crippen LogP contribution >= 0.6 is 0 Å². The monoisotopic (exact) mass is 461 g/mol. The summed E-state index contributed by atoms with van der Waals surface area (Å²) in [5.41, 5.74) is 3.22. The van der Waals surface area contributed by atoms with E-state index in [1.165, 1.54) is 27.1 Å². The number of fused-ring (bicyclic) bond motifs is 3. The van der Waals surface area contributed by atoms with Gasteiger partial charge in [0.15, 0.2) is 0 Å². The van der Waals surface area contributed by atoms with Crippen LogP contribution in [-0.4, -0.2) is 4.98 Å². The van der Waals surface area contributed by atoms with Crippen LogP contribution in [0.4, 0.5) is 0 Å². The second-order valence-electron chi connectivity index (χ2n) is 5.36. The van der Waals surface area contributed by atoms with E-state index in [0.717, 1.165) is 11.3 Å². The number of pyridine rings is 1. The van der Waals surface area contributed by atoms with E-state index in [0.29, 0.717) is 0 Å². The molecule has 0 atom stereocenters. The topological polar surface area (TPSA) is 12.9 Å². The largest absolute Gasteiger partial charge is 0.304 e. The molecular weight excluding hydrogens is 446 g/mol. The molecule has 0 saturated heterocycles. The molecule has 0 bridgehead atoms. The average Bonchev–Trinajstić information content (AvgIpc) is 2.55. The number of nitrogens with zero attached hydrogens (tertiary/aromatic N) is 1. The van der Waals surface area contributed by atoms with Gasteiger partial charge in [0.2, 0.25) is 0 Å². The fourth-order valence-electron chi connectivity index (χ4n) is 2.71. The van der Waals surface area contributed by atoms with E-state index in [9.17, 15) is 0 Å². The third kappa shape index (κ3) is 2.56. The number of rotatable bonds is 1. The van der Waals surface area contributed by atoms with Crippen molar-refractivity contribution in [2.75, 3.05) is 0 Å². The van der Waals surface area contributed by atoms with Crippen molar-refractivity contribution in [3.8, 4) is 11.3 Å². The van der Waals surface area contributed by atoms with Crippen molar-refractivity contribution in [2.45, 2.75) is 6.92 Å². The second kappa shape index (κ2) is 6.00. The number of aryl methyl sites for hydroxylation is 1. The number of hydrogen-bond donors (Lipinski definition) is 0. The molecule has 0 aliphatic rings. The SMILES string of the molecule is Cc1c[c-]c(-c2cc3ccc4ccccc4c3cn2)cc1.[Ir]. The van der Waals surface area contributed by atoms with E-state index < -0.39 is 0 Å². The van der Waals surface area contributed by atoms with Gasteiger partial charge in [-0.1, -0.05) is 49.4 Å². The summed E-state index contributed by atoms with van der Waals surface area (Å²) in [5, 5.41) is 4.92. The quantitative estimate of drug-likeness (QED) is 0.282. The van der Waals surface area contributed by atoms with Gasteiger partial charge in [-0.2, -0.15) is 0 Å². The predicted molar refractivity (Wildman–Crippen MR) is 88.3 cm³/mol. The van der Waals surface area contributed by atoms with Crippen molar-refractivity contribution >= 4 is 21.5 Å². The summed E-state index contributed by atoms with van der Waals surface area (Å²) in [4.78, 5) is 4.63. The maximum absolute atomic E-state index is 4.63. The van der Waals surface area contributed by atoms with Gasteiger partial charge in [0.1, 0.15) is 0 Å². The molecule has 4 rings (SSSR count). The Hall–Kier alpha value is -2.02. The minimum Gasteiger partial charge on any atom is -0.304 e. The van der Waals surface area contributed by atoms with Gasteiger partial charge in [-0.15, -0.1) is 35.4 Å². The molecule has 4 aromatic rings. The molecule has 1 nitrogen and oxygen atoms in total. The van der Waals surface area contributed by atoms with E-state index in [1.807, 2.05) is 12.3 Å². The van der Waals surface area contributed by atoms with Crippen LogP contribution in [-0.2, 0) is 20.1 Å². The molecule has 0 saturated carbocycles. The van der Waals surface area contributed by atoms with Crippen molar-refractivity contribution in [1.82, 2.24) is 4.98 Å². The molecule has 0 unspecified atom stereocenters. The first-order valence-electron chi connectivity index (χ1n) is 7.07.